The number of allylic oxidation sites excluding steroid dienone is 1. The van der Waals surface area contributed by atoms with Gasteiger partial charge in [0.1, 0.15) is 0 Å². The fourth-order valence-electron chi connectivity index (χ4n) is 1.51. The smallest absolute Gasteiger partial charge is 0.0899 e. The van der Waals surface area contributed by atoms with Crippen molar-refractivity contribution in [3.63, 3.8) is 0 Å². The van der Waals surface area contributed by atoms with Crippen LogP contribution in [0.4, 0.5) is 0 Å². The van der Waals surface area contributed by atoms with Gasteiger partial charge in [-0.15, -0.1) is 0 Å². The molecule has 0 aliphatic heterocycles. The van der Waals surface area contributed by atoms with E-state index in [0.29, 0.717) is 5.02 Å². The van der Waals surface area contributed by atoms with Gasteiger partial charge in [-0.2, -0.15) is 0 Å². The number of rotatable bonds is 2. The van der Waals surface area contributed by atoms with E-state index in [4.69, 9.17) is 11.6 Å². The molecule has 1 nitrogen and oxygen atoms in total. The van der Waals surface area contributed by atoms with E-state index < -0.39 is 5.60 Å². The minimum Gasteiger partial charge on any atom is -0.385 e. The van der Waals surface area contributed by atoms with E-state index >= 15 is 0 Å². The van der Waals surface area contributed by atoms with Crippen molar-refractivity contribution in [1.82, 2.24) is 0 Å². The predicted octanol–water partition coefficient (Wildman–Crippen LogP) is 3.35. The molecule has 2 rings (SSSR count). The van der Waals surface area contributed by atoms with Gasteiger partial charge in [0.2, 0.25) is 0 Å². The molecule has 1 fully saturated rings. The van der Waals surface area contributed by atoms with Crippen LogP contribution in [-0.2, 0) is 5.60 Å². The molecular formula is C12H13ClO. The molecule has 1 aromatic rings. The maximum Gasteiger partial charge on any atom is 0.0899 e. The molecule has 0 heterocycles. The molecule has 0 atom stereocenters. The molecule has 2 heteroatoms. The normalized spacial score (nSPS) is 17.9. The Morgan fingerprint density at radius 2 is 2.07 bits per heavy atom. The zero-order valence-electron chi connectivity index (χ0n) is 8.18. The van der Waals surface area contributed by atoms with Crippen molar-refractivity contribution in [1.29, 1.82) is 0 Å². The highest BCUT2D eigenvalue weighted by Gasteiger charge is 2.42. The van der Waals surface area contributed by atoms with Gasteiger partial charge in [0.05, 0.1) is 5.60 Å². The molecule has 0 spiro atoms. The molecule has 0 amide bonds. The van der Waals surface area contributed by atoms with E-state index in [-0.39, 0.29) is 0 Å². The van der Waals surface area contributed by atoms with Crippen LogP contribution in [0.2, 0.25) is 5.02 Å². The lowest BCUT2D eigenvalue weighted by molar-refractivity contribution is 0.151. The molecule has 1 saturated carbocycles. The van der Waals surface area contributed by atoms with Crippen LogP contribution in [0.25, 0.3) is 5.57 Å². The third kappa shape index (κ3) is 1.70. The first kappa shape index (κ1) is 9.75. The highest BCUT2D eigenvalue weighted by molar-refractivity contribution is 6.30. The second-order valence-electron chi connectivity index (χ2n) is 4.04. The minimum absolute atomic E-state index is 0.616. The lowest BCUT2D eigenvalue weighted by Crippen LogP contribution is -2.04. The van der Waals surface area contributed by atoms with Crippen LogP contribution in [0.5, 0.6) is 0 Å². The van der Waals surface area contributed by atoms with Gasteiger partial charge in [-0.25, -0.2) is 0 Å². The van der Waals surface area contributed by atoms with Gasteiger partial charge in [-0.1, -0.05) is 23.8 Å². The Kier molecular flexibility index (Phi) is 2.17. The van der Waals surface area contributed by atoms with Crippen LogP contribution in [0.1, 0.15) is 30.9 Å². The van der Waals surface area contributed by atoms with E-state index in [1.165, 1.54) is 0 Å². The van der Waals surface area contributed by atoms with Crippen molar-refractivity contribution in [2.75, 3.05) is 0 Å². The maximum absolute atomic E-state index is 9.94. The number of aliphatic hydroxyl groups is 1. The molecular weight excluding hydrogens is 196 g/mol. The Bertz CT molecular complexity index is 391. The average molecular weight is 209 g/mol. The van der Waals surface area contributed by atoms with Gasteiger partial charge in [-0.05, 0) is 49.1 Å². The molecule has 0 aromatic heterocycles. The predicted molar refractivity (Wildman–Crippen MR) is 59.3 cm³/mol. The van der Waals surface area contributed by atoms with E-state index in [0.717, 1.165) is 29.5 Å². The lowest BCUT2D eigenvalue weighted by atomic mass is 10.0. The monoisotopic (exact) mass is 208 g/mol. The summed E-state index contributed by atoms with van der Waals surface area (Å²) in [4.78, 5) is 0. The van der Waals surface area contributed by atoms with Crippen molar-refractivity contribution in [2.24, 2.45) is 0 Å². The first-order valence-corrected chi connectivity index (χ1v) is 5.08. The zero-order chi connectivity index (χ0) is 10.3. The van der Waals surface area contributed by atoms with Crippen LogP contribution in [0.3, 0.4) is 0 Å². The lowest BCUT2D eigenvalue weighted by Gasteiger charge is -2.11. The molecule has 0 bridgehead atoms. The number of hydrogen-bond acceptors (Lipinski definition) is 1. The summed E-state index contributed by atoms with van der Waals surface area (Å²) in [6.07, 6.45) is 1.67. The van der Waals surface area contributed by atoms with Gasteiger partial charge in [0.15, 0.2) is 0 Å². The largest absolute Gasteiger partial charge is 0.385 e. The number of hydrogen-bond donors (Lipinski definition) is 1. The molecule has 14 heavy (non-hydrogen) atoms. The van der Waals surface area contributed by atoms with E-state index in [9.17, 15) is 5.11 Å². The Hall–Kier alpha value is -0.790. The third-order valence-corrected chi connectivity index (χ3v) is 2.87. The van der Waals surface area contributed by atoms with E-state index in [1.54, 1.807) is 0 Å². The summed E-state index contributed by atoms with van der Waals surface area (Å²) in [6.45, 7) is 5.81. The standard InChI is InChI=1S/C12H13ClO/c1-8(2)9-5-10(7-11(13)6-9)12(14)3-4-12/h5-7,14H,1,3-4H2,2H3. The summed E-state index contributed by atoms with van der Waals surface area (Å²) < 4.78 is 0. The Labute approximate surface area is 89.0 Å². The van der Waals surface area contributed by atoms with Crippen LogP contribution >= 0.6 is 11.6 Å². The second kappa shape index (κ2) is 3.11. The van der Waals surface area contributed by atoms with Crippen LogP contribution in [-0.4, -0.2) is 5.11 Å². The SMILES string of the molecule is C=C(C)c1cc(Cl)cc(C2(O)CC2)c1. The maximum atomic E-state index is 9.94. The Morgan fingerprint density at radius 3 is 2.57 bits per heavy atom. The number of halogens is 1. The molecule has 74 valence electrons. The van der Waals surface area contributed by atoms with Crippen molar-refractivity contribution < 1.29 is 5.11 Å². The van der Waals surface area contributed by atoms with Gasteiger partial charge >= 0.3 is 0 Å². The molecule has 1 aliphatic carbocycles. The fourth-order valence-corrected chi connectivity index (χ4v) is 1.75. The molecule has 0 unspecified atom stereocenters. The summed E-state index contributed by atoms with van der Waals surface area (Å²) in [7, 11) is 0. The Balaban J connectivity index is 2.47. The third-order valence-electron chi connectivity index (χ3n) is 2.65. The van der Waals surface area contributed by atoms with Crippen LogP contribution < -0.4 is 0 Å². The molecule has 0 saturated heterocycles. The molecule has 1 N–H and O–H groups in total. The summed E-state index contributed by atoms with van der Waals surface area (Å²) in [6, 6.07) is 5.68. The summed E-state index contributed by atoms with van der Waals surface area (Å²) in [5.74, 6) is 0. The van der Waals surface area contributed by atoms with Gasteiger partial charge < -0.3 is 5.11 Å². The van der Waals surface area contributed by atoms with Gasteiger partial charge in [0, 0.05) is 5.02 Å². The second-order valence-corrected chi connectivity index (χ2v) is 4.48. The van der Waals surface area contributed by atoms with E-state index in [2.05, 4.69) is 6.58 Å². The fraction of sp³-hybridized carbons (Fsp3) is 0.333. The van der Waals surface area contributed by atoms with Crippen molar-refractivity contribution in [2.45, 2.75) is 25.4 Å². The Morgan fingerprint density at radius 1 is 1.43 bits per heavy atom. The quantitative estimate of drug-likeness (QED) is 0.790. The highest BCUT2D eigenvalue weighted by atomic mass is 35.5. The van der Waals surface area contributed by atoms with Gasteiger partial charge in [0.25, 0.3) is 0 Å². The van der Waals surface area contributed by atoms with Crippen LogP contribution in [0.15, 0.2) is 24.8 Å². The summed E-state index contributed by atoms with van der Waals surface area (Å²) in [5, 5.41) is 10.6. The molecule has 1 aliphatic rings. The molecule has 1 aromatic carbocycles. The number of benzene rings is 1. The summed E-state index contributed by atoms with van der Waals surface area (Å²) in [5.41, 5.74) is 2.28. The van der Waals surface area contributed by atoms with Crippen LogP contribution in [0, 0.1) is 0 Å². The topological polar surface area (TPSA) is 20.2 Å². The van der Waals surface area contributed by atoms with E-state index in [1.807, 2.05) is 25.1 Å². The zero-order valence-corrected chi connectivity index (χ0v) is 8.93. The van der Waals surface area contributed by atoms with Gasteiger partial charge in [-0.3, -0.25) is 0 Å². The minimum atomic E-state index is -0.616. The first-order valence-electron chi connectivity index (χ1n) is 4.71. The van der Waals surface area contributed by atoms with Crippen molar-refractivity contribution in [3.05, 3.63) is 40.9 Å². The van der Waals surface area contributed by atoms with Crippen molar-refractivity contribution in [3.8, 4) is 0 Å². The average Bonchev–Trinajstić information content (AvgIpc) is 2.84. The molecule has 0 radical (unpaired) electrons. The first-order chi connectivity index (χ1) is 6.51. The highest BCUT2D eigenvalue weighted by Crippen LogP contribution is 2.46. The van der Waals surface area contributed by atoms with Crippen molar-refractivity contribution >= 4 is 17.2 Å². The summed E-state index contributed by atoms with van der Waals surface area (Å²) >= 11 is 5.98.